The van der Waals surface area contributed by atoms with E-state index in [0.717, 1.165) is 30.7 Å². The topological polar surface area (TPSA) is 68.3 Å². The van der Waals surface area contributed by atoms with Gasteiger partial charge in [-0.25, -0.2) is 0 Å². The van der Waals surface area contributed by atoms with Gasteiger partial charge in [-0.15, -0.1) is 0 Å². The summed E-state index contributed by atoms with van der Waals surface area (Å²) in [5.41, 5.74) is 3.57. The van der Waals surface area contributed by atoms with E-state index < -0.39 is 18.4 Å². The number of ether oxygens (including phenoxy) is 1. The van der Waals surface area contributed by atoms with Crippen LogP contribution < -0.4 is 13.6 Å². The normalized spacial score (nSPS) is 10.1. The van der Waals surface area contributed by atoms with E-state index in [-0.39, 0.29) is 18.1 Å². The number of carbonyl (C=O) groups is 2. The molecule has 0 unspecified atom stereocenters. The van der Waals surface area contributed by atoms with Crippen molar-refractivity contribution in [2.75, 3.05) is 13.7 Å². The summed E-state index contributed by atoms with van der Waals surface area (Å²) in [6.07, 6.45) is 4.18. The van der Waals surface area contributed by atoms with Crippen molar-refractivity contribution in [2.24, 2.45) is 0 Å². The van der Waals surface area contributed by atoms with E-state index in [1.807, 2.05) is 32.9 Å². The number of hydrogen-bond acceptors (Lipinski definition) is 4. The van der Waals surface area contributed by atoms with Gasteiger partial charge in [0.1, 0.15) is 17.0 Å². The maximum absolute atomic E-state index is 10.8. The second kappa shape index (κ2) is 19.6. The number of rotatable bonds is 8. The fourth-order valence-electron chi connectivity index (χ4n) is 3.31. The van der Waals surface area contributed by atoms with Gasteiger partial charge in [-0.3, -0.25) is 14.6 Å². The number of Topliss-reactive ketones (excluding diaryl/α,β-unsaturated/α-hetero) is 1. The molecule has 38 heavy (non-hydrogen) atoms. The van der Waals surface area contributed by atoms with Crippen LogP contribution in [-0.2, 0) is 9.59 Å². The van der Waals surface area contributed by atoms with Gasteiger partial charge in [-0.05, 0) is 37.5 Å². The fourth-order valence-corrected chi connectivity index (χ4v) is 6.64. The van der Waals surface area contributed by atoms with Crippen LogP contribution in [0.3, 0.4) is 0 Å². The fraction of sp³-hybridized carbons (Fsp3) is 0.469. The Morgan fingerprint density at radius 1 is 0.921 bits per heavy atom. The third-order valence-electron chi connectivity index (χ3n) is 5.50. The number of carbonyl (C=O) groups excluding carboxylic acids is 2. The summed E-state index contributed by atoms with van der Waals surface area (Å²) in [7, 11) is 1.53. The molecular weight excluding hydrogens is 579 g/mol. The third-order valence-corrected chi connectivity index (χ3v) is 11.4. The zero-order valence-electron chi connectivity index (χ0n) is 25.4. The molecule has 5 nitrogen and oxygen atoms in total. The van der Waals surface area contributed by atoms with Crippen LogP contribution >= 0.6 is 0 Å². The number of ketones is 1. The van der Waals surface area contributed by atoms with Crippen LogP contribution in [0.1, 0.15) is 64.5 Å². The summed E-state index contributed by atoms with van der Waals surface area (Å²) < 4.78 is 7.28. The Morgan fingerprint density at radius 2 is 1.55 bits per heavy atom. The number of nitrogens with zero attached hydrogens (tertiary/aromatic N) is 1. The van der Waals surface area contributed by atoms with Gasteiger partial charge >= 0.3 is 73.5 Å². The van der Waals surface area contributed by atoms with E-state index in [9.17, 15) is 9.59 Å². The van der Waals surface area contributed by atoms with Crippen molar-refractivity contribution in [3.8, 4) is 5.75 Å². The molecule has 0 saturated carbocycles. The number of aromatic nitrogens is 1. The molecule has 0 aliphatic carbocycles. The summed E-state index contributed by atoms with van der Waals surface area (Å²) in [6, 6.07) is 17.1. The quantitative estimate of drug-likeness (QED) is 0.209. The van der Waals surface area contributed by atoms with Crippen LogP contribution in [0.15, 0.2) is 54.7 Å². The molecule has 1 amide bonds. The monoisotopic (exact) mass is 630 g/mol. The number of benzene rings is 2. The minimum atomic E-state index is -1.74. The van der Waals surface area contributed by atoms with Crippen LogP contribution in [0, 0.1) is 13.8 Å². The molecule has 2 aromatic carbocycles. The summed E-state index contributed by atoms with van der Waals surface area (Å²) in [4.78, 5) is 33.0. The molecule has 6 heteroatoms. The molecule has 1 aromatic heterocycles. The molecule has 0 bridgehead atoms. The second-order valence-electron chi connectivity index (χ2n) is 9.88. The Balaban J connectivity index is 0.000000537. The Labute approximate surface area is 235 Å². The first kappa shape index (κ1) is 35.6. The molecule has 0 aliphatic rings. The Kier molecular flexibility index (Phi) is 18.4. The second-order valence-corrected chi connectivity index (χ2v) is 24.4. The van der Waals surface area contributed by atoms with Gasteiger partial charge in [0.05, 0.1) is 13.0 Å². The standard InChI is InChI=1S/C13H15NO.C7H13NO2.C7H7.C2H6.3CH3.Sn/c1-3-9-15-12-7-6-10(2)11-5-4-8-14-13(11)12;1-3-4-6(9)5-7(10)8-2;1-7-5-3-2-4-6-7;1-2;;;;/h4-8H,3,9H2,1-2H3;3-5H2,1-2H3,(H,8,10);3-6H,1H3;1-2H3;3*1H3;. The van der Waals surface area contributed by atoms with E-state index in [0.29, 0.717) is 6.42 Å². The van der Waals surface area contributed by atoms with Crippen LogP contribution in [0.5, 0.6) is 5.75 Å². The van der Waals surface area contributed by atoms with Crippen molar-refractivity contribution in [3.05, 3.63) is 65.9 Å². The van der Waals surface area contributed by atoms with E-state index in [1.54, 1.807) is 9.78 Å². The van der Waals surface area contributed by atoms with Gasteiger partial charge in [-0.2, -0.15) is 0 Å². The van der Waals surface area contributed by atoms with E-state index in [1.165, 1.54) is 23.6 Å². The van der Waals surface area contributed by atoms with Crippen molar-refractivity contribution < 1.29 is 14.3 Å². The van der Waals surface area contributed by atoms with Crippen LogP contribution in [0.4, 0.5) is 0 Å². The van der Waals surface area contributed by atoms with E-state index in [2.05, 4.69) is 82.3 Å². The zero-order valence-corrected chi connectivity index (χ0v) is 28.3. The summed E-state index contributed by atoms with van der Waals surface area (Å²) in [5.74, 6) is 0.707. The van der Waals surface area contributed by atoms with Crippen LogP contribution in [0.25, 0.3) is 10.9 Å². The molecule has 3 rings (SSSR count). The third kappa shape index (κ3) is 13.9. The first-order chi connectivity index (χ1) is 18.0. The zero-order chi connectivity index (χ0) is 29.1. The summed E-state index contributed by atoms with van der Waals surface area (Å²) in [6.45, 7) is 13.0. The van der Waals surface area contributed by atoms with Crippen LogP contribution in [-0.4, -0.2) is 48.7 Å². The number of pyridine rings is 1. The Hall–Kier alpha value is -2.41. The number of fused-ring (bicyclic) bond motifs is 1. The first-order valence-electron chi connectivity index (χ1n) is 13.8. The van der Waals surface area contributed by atoms with Crippen molar-refractivity contribution in [2.45, 2.75) is 82.0 Å². The van der Waals surface area contributed by atoms with E-state index in [4.69, 9.17) is 4.74 Å². The number of amides is 1. The maximum atomic E-state index is 10.8. The molecule has 0 fully saturated rings. The molecule has 0 atom stereocenters. The van der Waals surface area contributed by atoms with Gasteiger partial charge in [0.15, 0.2) is 0 Å². The first-order valence-corrected chi connectivity index (χ1v) is 23.8. The van der Waals surface area contributed by atoms with Gasteiger partial charge < -0.3 is 10.1 Å². The van der Waals surface area contributed by atoms with Gasteiger partial charge in [0.2, 0.25) is 5.91 Å². The molecule has 0 saturated heterocycles. The predicted molar refractivity (Wildman–Crippen MR) is 166 cm³/mol. The molecule has 0 spiro atoms. The average Bonchev–Trinajstić information content (AvgIpc) is 2.90. The molecule has 0 radical (unpaired) electrons. The minimum absolute atomic E-state index is 0.0156. The van der Waals surface area contributed by atoms with Gasteiger partial charge in [0, 0.05) is 25.1 Å². The van der Waals surface area contributed by atoms with Crippen LogP contribution in [0.2, 0.25) is 14.8 Å². The van der Waals surface area contributed by atoms with Crippen molar-refractivity contribution in [1.82, 2.24) is 10.3 Å². The number of aryl methyl sites for hydroxylation is 2. The van der Waals surface area contributed by atoms with Crippen molar-refractivity contribution >= 4 is 44.5 Å². The molecule has 1 heterocycles. The number of nitrogens with one attached hydrogen (secondary N) is 1. The SMILES string of the molecule is CC.CCCC(=O)CC(=O)NC.CCCOc1ccc(C)c2cccnc12.Cc1cc[c]([Sn]([CH3])([CH3])[CH3])cc1. The average molecular weight is 629 g/mol. The Morgan fingerprint density at radius 3 is 2.08 bits per heavy atom. The van der Waals surface area contributed by atoms with Gasteiger partial charge in [-0.1, -0.05) is 39.8 Å². The van der Waals surface area contributed by atoms with Crippen molar-refractivity contribution in [3.63, 3.8) is 0 Å². The molecular formula is C32H50N2O3Sn. The predicted octanol–water partition coefficient (Wildman–Crippen LogP) is 7.39. The summed E-state index contributed by atoms with van der Waals surface area (Å²) in [5, 5.41) is 3.57. The van der Waals surface area contributed by atoms with Gasteiger partial charge in [0.25, 0.3) is 0 Å². The number of hydrogen-bond donors (Lipinski definition) is 1. The summed E-state index contributed by atoms with van der Waals surface area (Å²) >= 11 is -1.74. The molecule has 0 aliphatic heterocycles. The molecule has 210 valence electrons. The molecule has 1 N–H and O–H groups in total. The Bertz CT molecular complexity index is 1090. The molecule has 3 aromatic rings. The van der Waals surface area contributed by atoms with Crippen molar-refractivity contribution in [1.29, 1.82) is 0 Å². The van der Waals surface area contributed by atoms with E-state index >= 15 is 0 Å².